The highest BCUT2D eigenvalue weighted by atomic mass is 16.2. The molecule has 6 nitrogen and oxygen atoms in total. The Morgan fingerprint density at radius 2 is 1.84 bits per heavy atom. The van der Waals surface area contributed by atoms with Crippen LogP contribution in [0.1, 0.15) is 50.5 Å². The number of nitrogens with zero attached hydrogens (tertiary/aromatic N) is 2. The number of amides is 2. The van der Waals surface area contributed by atoms with Gasteiger partial charge in [-0.05, 0) is 48.1 Å². The minimum atomic E-state index is -0.906. The van der Waals surface area contributed by atoms with Crippen LogP contribution in [0, 0.1) is 23.2 Å². The number of carbonyl (C=O) groups is 2. The summed E-state index contributed by atoms with van der Waals surface area (Å²) in [7, 11) is 0. The predicted molar refractivity (Wildman–Crippen MR) is 124 cm³/mol. The molecule has 1 aliphatic heterocycles. The van der Waals surface area contributed by atoms with Crippen LogP contribution in [0.2, 0.25) is 0 Å². The van der Waals surface area contributed by atoms with Gasteiger partial charge in [0.2, 0.25) is 11.8 Å². The molecule has 2 aromatic rings. The zero-order chi connectivity index (χ0) is 22.6. The van der Waals surface area contributed by atoms with E-state index in [9.17, 15) is 14.9 Å². The Morgan fingerprint density at radius 1 is 1.09 bits per heavy atom. The summed E-state index contributed by atoms with van der Waals surface area (Å²) in [6.45, 7) is 1.96. The quantitative estimate of drug-likeness (QED) is 0.701. The Bertz CT molecular complexity index is 1040. The monoisotopic (exact) mass is 431 g/mol. The molecule has 2 aliphatic rings. The van der Waals surface area contributed by atoms with Crippen LogP contribution in [-0.2, 0) is 16.1 Å². The molecular weight excluding hydrogens is 400 g/mol. The van der Waals surface area contributed by atoms with Crippen molar-refractivity contribution in [3.8, 4) is 6.07 Å². The van der Waals surface area contributed by atoms with Crippen molar-refractivity contribution in [3.63, 3.8) is 0 Å². The van der Waals surface area contributed by atoms with Gasteiger partial charge in [-0.15, -0.1) is 0 Å². The minimum absolute atomic E-state index is 0.287. The maximum absolute atomic E-state index is 12.7. The van der Waals surface area contributed by atoms with Gasteiger partial charge in [-0.2, -0.15) is 5.26 Å². The molecule has 4 rings (SSSR count). The molecule has 0 bridgehead atoms. The standard InChI is InChI=1S/C26H31N4O2/c27-18-26(29-23(31)10-13-25(24(28)32)11-4-1-5-12-25)14-15-30(19-26)17-20-8-9-21-6-2-3-7-22(21)16-20/h2-3,6-10,16H,1,4-5,11-15,17,19H2,(H2,28,32)(H,29,31). The van der Waals surface area contributed by atoms with Crippen LogP contribution < -0.4 is 11.1 Å². The number of hydrogen-bond acceptors (Lipinski definition) is 4. The second-order valence-electron chi connectivity index (χ2n) is 9.44. The molecule has 3 N–H and O–H groups in total. The van der Waals surface area contributed by atoms with E-state index in [0.717, 1.165) is 45.2 Å². The Labute approximate surface area is 189 Å². The van der Waals surface area contributed by atoms with Crippen molar-refractivity contribution < 1.29 is 9.59 Å². The molecule has 1 atom stereocenters. The van der Waals surface area contributed by atoms with Gasteiger partial charge in [0.1, 0.15) is 5.54 Å². The lowest BCUT2D eigenvalue weighted by molar-refractivity contribution is -0.129. The van der Waals surface area contributed by atoms with E-state index in [0.29, 0.717) is 19.4 Å². The van der Waals surface area contributed by atoms with Crippen LogP contribution in [0.3, 0.4) is 0 Å². The molecule has 1 unspecified atom stereocenters. The van der Waals surface area contributed by atoms with E-state index in [4.69, 9.17) is 5.73 Å². The van der Waals surface area contributed by atoms with Gasteiger partial charge >= 0.3 is 0 Å². The number of rotatable bonds is 7. The van der Waals surface area contributed by atoms with E-state index in [2.05, 4.69) is 46.6 Å². The lowest BCUT2D eigenvalue weighted by atomic mass is 9.70. The average molecular weight is 432 g/mol. The molecule has 6 heteroatoms. The van der Waals surface area contributed by atoms with Gasteiger partial charge in [-0.25, -0.2) is 0 Å². The summed E-state index contributed by atoms with van der Waals surface area (Å²) >= 11 is 0. The molecule has 2 amide bonds. The Hall–Kier alpha value is -2.91. The first kappa shape index (κ1) is 22.3. The number of nitriles is 1. The van der Waals surface area contributed by atoms with Crippen molar-refractivity contribution in [1.82, 2.24) is 10.2 Å². The van der Waals surface area contributed by atoms with Crippen molar-refractivity contribution in [3.05, 3.63) is 54.4 Å². The lowest BCUT2D eigenvalue weighted by Crippen LogP contribution is -2.50. The highest BCUT2D eigenvalue weighted by Gasteiger charge is 2.41. The van der Waals surface area contributed by atoms with Crippen LogP contribution >= 0.6 is 0 Å². The van der Waals surface area contributed by atoms with Gasteiger partial charge in [0.05, 0.1) is 12.5 Å². The zero-order valence-corrected chi connectivity index (χ0v) is 18.5. The number of hydrogen-bond donors (Lipinski definition) is 2. The molecule has 0 aromatic heterocycles. The van der Waals surface area contributed by atoms with Gasteiger partial charge in [-0.3, -0.25) is 14.5 Å². The first-order valence-electron chi connectivity index (χ1n) is 11.5. The molecule has 167 valence electrons. The van der Waals surface area contributed by atoms with Crippen molar-refractivity contribution in [2.24, 2.45) is 11.1 Å². The largest absolute Gasteiger partial charge is 0.369 e. The topological polar surface area (TPSA) is 99.2 Å². The van der Waals surface area contributed by atoms with Crippen LogP contribution in [0.5, 0.6) is 0 Å². The van der Waals surface area contributed by atoms with E-state index >= 15 is 0 Å². The van der Waals surface area contributed by atoms with Crippen LogP contribution in [-0.4, -0.2) is 35.3 Å². The van der Waals surface area contributed by atoms with E-state index in [1.165, 1.54) is 22.8 Å². The second kappa shape index (κ2) is 9.30. The van der Waals surface area contributed by atoms with Gasteiger partial charge in [0.25, 0.3) is 0 Å². The Balaban J connectivity index is 1.35. The van der Waals surface area contributed by atoms with Crippen molar-refractivity contribution in [1.29, 1.82) is 5.26 Å². The fourth-order valence-corrected chi connectivity index (χ4v) is 5.19. The number of nitrogens with two attached hydrogens (primary N) is 1. The number of carbonyl (C=O) groups excluding carboxylic acids is 2. The number of nitrogens with one attached hydrogen (secondary N) is 1. The van der Waals surface area contributed by atoms with Crippen LogP contribution in [0.4, 0.5) is 0 Å². The highest BCUT2D eigenvalue weighted by molar-refractivity contribution is 5.88. The van der Waals surface area contributed by atoms with Crippen molar-refractivity contribution in [2.45, 2.75) is 57.0 Å². The molecule has 1 radical (unpaired) electrons. The molecule has 32 heavy (non-hydrogen) atoms. The smallest absolute Gasteiger partial charge is 0.225 e. The molecule has 1 heterocycles. The number of fused-ring (bicyclic) bond motifs is 1. The summed E-state index contributed by atoms with van der Waals surface area (Å²) in [4.78, 5) is 27.0. The van der Waals surface area contributed by atoms with Crippen LogP contribution in [0.15, 0.2) is 42.5 Å². The normalized spacial score (nSPS) is 23.0. The Morgan fingerprint density at radius 3 is 2.56 bits per heavy atom. The van der Waals surface area contributed by atoms with E-state index < -0.39 is 11.0 Å². The van der Waals surface area contributed by atoms with Gasteiger partial charge in [0.15, 0.2) is 0 Å². The Kier molecular flexibility index (Phi) is 6.48. The third-order valence-corrected chi connectivity index (χ3v) is 7.16. The summed E-state index contributed by atoms with van der Waals surface area (Å²) in [5.74, 6) is -0.607. The third-order valence-electron chi connectivity index (χ3n) is 7.16. The van der Waals surface area contributed by atoms with Gasteiger partial charge in [0, 0.05) is 25.0 Å². The number of likely N-dealkylation sites (tertiary alicyclic amines) is 1. The molecule has 1 saturated carbocycles. The molecule has 1 saturated heterocycles. The molecule has 2 aromatic carbocycles. The van der Waals surface area contributed by atoms with E-state index in [1.54, 1.807) is 0 Å². The van der Waals surface area contributed by atoms with E-state index in [1.807, 2.05) is 12.1 Å². The zero-order valence-electron chi connectivity index (χ0n) is 18.5. The molecule has 1 aliphatic carbocycles. The minimum Gasteiger partial charge on any atom is -0.369 e. The van der Waals surface area contributed by atoms with Gasteiger partial charge < -0.3 is 11.1 Å². The fourth-order valence-electron chi connectivity index (χ4n) is 5.19. The van der Waals surface area contributed by atoms with Gasteiger partial charge in [-0.1, -0.05) is 55.7 Å². The maximum Gasteiger partial charge on any atom is 0.225 e. The first-order chi connectivity index (χ1) is 15.4. The van der Waals surface area contributed by atoms with Crippen LogP contribution in [0.25, 0.3) is 10.8 Å². The van der Waals surface area contributed by atoms with E-state index in [-0.39, 0.29) is 11.8 Å². The average Bonchev–Trinajstić information content (AvgIpc) is 3.21. The summed E-state index contributed by atoms with van der Waals surface area (Å²) in [5, 5.41) is 15.2. The predicted octanol–water partition coefficient (Wildman–Crippen LogP) is 3.45. The second-order valence-corrected chi connectivity index (χ2v) is 9.44. The molecule has 0 spiro atoms. The molecular formula is C26H31N4O2. The number of benzene rings is 2. The first-order valence-corrected chi connectivity index (χ1v) is 11.5. The van der Waals surface area contributed by atoms with Crippen molar-refractivity contribution >= 4 is 22.6 Å². The summed E-state index contributed by atoms with van der Waals surface area (Å²) in [5.41, 5.74) is 5.35. The molecule has 2 fully saturated rings. The summed E-state index contributed by atoms with van der Waals surface area (Å²) < 4.78 is 0. The summed E-state index contributed by atoms with van der Waals surface area (Å²) in [6.07, 6.45) is 6.94. The fraction of sp³-hybridized carbons (Fsp3) is 0.462. The highest BCUT2D eigenvalue weighted by Crippen LogP contribution is 2.39. The summed E-state index contributed by atoms with van der Waals surface area (Å²) in [6, 6.07) is 17.0. The third kappa shape index (κ3) is 4.78. The number of primary amides is 1. The lowest BCUT2D eigenvalue weighted by Gasteiger charge is -2.34. The maximum atomic E-state index is 12.7. The SMILES string of the molecule is N#CC1(NC(=O)[CH]CC2(C(N)=O)CCCCC2)CCN(Cc2ccc3ccccc3c2)C1. The van der Waals surface area contributed by atoms with Crippen molar-refractivity contribution in [2.75, 3.05) is 13.1 Å².